The topological polar surface area (TPSA) is 140 Å². The van der Waals surface area contributed by atoms with Crippen molar-refractivity contribution in [2.75, 3.05) is 40.0 Å². The van der Waals surface area contributed by atoms with E-state index >= 15 is 0 Å². The number of esters is 4. The Hall–Kier alpha value is -3.06. The lowest BCUT2D eigenvalue weighted by molar-refractivity contribution is -0.944. The van der Waals surface area contributed by atoms with E-state index in [2.05, 4.69) is 49.6 Å². The lowest BCUT2D eigenvalue weighted by Crippen LogP contribution is -2.55. The molecule has 3 atom stereocenters. The molecule has 0 saturated heterocycles. The minimum Gasteiger partial charge on any atom is -0.475 e. The van der Waals surface area contributed by atoms with E-state index in [4.69, 9.17) is 23.7 Å². The van der Waals surface area contributed by atoms with E-state index in [0.717, 1.165) is 140 Å². The Labute approximate surface area is 488 Å². The van der Waals surface area contributed by atoms with Crippen LogP contribution in [0.2, 0.25) is 0 Å². The van der Waals surface area contributed by atoms with E-state index in [0.29, 0.717) is 36.2 Å². The summed E-state index contributed by atoms with van der Waals surface area (Å²) in [4.78, 5) is 51.6. The summed E-state index contributed by atoms with van der Waals surface area (Å²) in [5, 5.41) is 0. The van der Waals surface area contributed by atoms with Crippen molar-refractivity contribution in [1.82, 2.24) is 8.75 Å². The number of carbonyl (C=O) groups is 4. The van der Waals surface area contributed by atoms with Crippen molar-refractivity contribution in [3.8, 4) is 5.88 Å². The maximum atomic E-state index is 13.2. The van der Waals surface area contributed by atoms with Gasteiger partial charge in [0.2, 0.25) is 6.23 Å². The molecule has 0 spiro atoms. The van der Waals surface area contributed by atoms with Gasteiger partial charge in [0.25, 0.3) is 5.88 Å². The summed E-state index contributed by atoms with van der Waals surface area (Å²) >= 11 is 1.19. The van der Waals surface area contributed by atoms with E-state index in [-0.39, 0.29) is 55.7 Å². The van der Waals surface area contributed by atoms with Gasteiger partial charge in [-0.3, -0.25) is 23.7 Å². The number of quaternary nitrogens is 1. The van der Waals surface area contributed by atoms with Crippen molar-refractivity contribution in [1.29, 1.82) is 0 Å². The lowest BCUT2D eigenvalue weighted by Gasteiger charge is -2.41. The fourth-order valence-corrected chi connectivity index (χ4v) is 11.3. The van der Waals surface area contributed by atoms with Gasteiger partial charge in [-0.05, 0) is 31.6 Å². The molecule has 1 aliphatic rings. The number of nitrogens with zero attached hydrogens (tertiary/aromatic N) is 3. The van der Waals surface area contributed by atoms with Crippen LogP contribution in [0.1, 0.15) is 323 Å². The molecule has 13 heteroatoms. The summed E-state index contributed by atoms with van der Waals surface area (Å²) in [5.74, 6) is -0.284. The van der Waals surface area contributed by atoms with E-state index in [1.54, 1.807) is 0 Å². The molecule has 0 radical (unpaired) electrons. The van der Waals surface area contributed by atoms with E-state index in [9.17, 15) is 19.2 Å². The highest BCUT2D eigenvalue weighted by Gasteiger charge is 2.36. The van der Waals surface area contributed by atoms with Crippen LogP contribution in [0.5, 0.6) is 5.88 Å². The molecule has 458 valence electrons. The van der Waals surface area contributed by atoms with Gasteiger partial charge in [-0.1, -0.05) is 258 Å². The van der Waals surface area contributed by atoms with Gasteiger partial charge in [0, 0.05) is 44.6 Å². The standard InChI is InChI=1S/C66H120N3O9S/c1-7-10-13-16-18-20-22-24-26-28-33-37-41-48-61(70)75-55-60(56-76-62(71)49-42-38-34-29-27-25-23-21-19-17-14-11-8-2)78-64(73)53-57(4)46-40-36-32-30-31-35-39-43-50-63(72)77-58(5)69(6)51-45-47-59(54-69)65-66(68-79-67-65)74-52-44-15-12-9-3/h47,57-58,60H,7-46,48-56H2,1-6H3/q+1. The molecule has 0 bridgehead atoms. The molecule has 0 saturated carbocycles. The molecule has 2 rings (SSSR count). The fraction of sp³-hybridized carbons (Fsp3) is 0.879. The Kier molecular flexibility index (Phi) is 45.2. The molecule has 0 aromatic carbocycles. The van der Waals surface area contributed by atoms with Crippen molar-refractivity contribution in [3.63, 3.8) is 0 Å². The maximum absolute atomic E-state index is 13.2. The molecule has 0 N–H and O–H groups in total. The first-order valence-electron chi connectivity index (χ1n) is 33.2. The summed E-state index contributed by atoms with van der Waals surface area (Å²) in [7, 11) is 2.16. The van der Waals surface area contributed by atoms with Gasteiger partial charge in [-0.15, -0.1) is 4.37 Å². The Morgan fingerprint density at radius 3 is 1.37 bits per heavy atom. The predicted molar refractivity (Wildman–Crippen MR) is 326 cm³/mol. The first-order chi connectivity index (χ1) is 38.5. The summed E-state index contributed by atoms with van der Waals surface area (Å²) in [6.45, 7) is 12.9. The van der Waals surface area contributed by atoms with Crippen LogP contribution in [0, 0.1) is 5.92 Å². The lowest BCUT2D eigenvalue weighted by atomic mass is 9.99. The highest BCUT2D eigenvalue weighted by Crippen LogP contribution is 2.32. The molecule has 3 unspecified atom stereocenters. The summed E-state index contributed by atoms with van der Waals surface area (Å²) in [6.07, 6.45) is 49.7. The van der Waals surface area contributed by atoms with E-state index in [1.165, 1.54) is 153 Å². The molecule has 12 nitrogen and oxygen atoms in total. The molecule has 2 heterocycles. The van der Waals surface area contributed by atoms with Gasteiger partial charge >= 0.3 is 23.9 Å². The van der Waals surface area contributed by atoms with Crippen molar-refractivity contribution >= 4 is 41.2 Å². The van der Waals surface area contributed by atoms with Crippen LogP contribution < -0.4 is 4.74 Å². The Bertz CT molecular complexity index is 1640. The van der Waals surface area contributed by atoms with Crippen LogP contribution in [-0.2, 0) is 38.1 Å². The van der Waals surface area contributed by atoms with Crippen molar-refractivity contribution in [3.05, 3.63) is 11.8 Å². The second-order valence-corrected chi connectivity index (χ2v) is 24.5. The first-order valence-corrected chi connectivity index (χ1v) is 33.9. The number of aromatic nitrogens is 2. The fourth-order valence-electron chi connectivity index (χ4n) is 10.7. The van der Waals surface area contributed by atoms with Crippen LogP contribution in [0.15, 0.2) is 6.08 Å². The number of carbonyl (C=O) groups excluding carboxylic acids is 4. The molecule has 0 aliphatic carbocycles. The average Bonchev–Trinajstić information content (AvgIpc) is 3.99. The zero-order valence-electron chi connectivity index (χ0n) is 51.9. The largest absolute Gasteiger partial charge is 0.475 e. The molecule has 79 heavy (non-hydrogen) atoms. The molecule has 1 aromatic rings. The molecule has 0 amide bonds. The molecule has 0 fully saturated rings. The van der Waals surface area contributed by atoms with Crippen LogP contribution in [-0.4, -0.2) is 89.4 Å². The Morgan fingerprint density at radius 2 is 0.911 bits per heavy atom. The minimum atomic E-state index is -0.817. The second-order valence-electron chi connectivity index (χ2n) is 23.9. The minimum absolute atomic E-state index is 0.103. The van der Waals surface area contributed by atoms with Gasteiger partial charge in [0.05, 0.1) is 31.9 Å². The Morgan fingerprint density at radius 1 is 0.506 bits per heavy atom. The molecule has 1 aromatic heterocycles. The van der Waals surface area contributed by atoms with Gasteiger partial charge in [0.1, 0.15) is 25.5 Å². The highest BCUT2D eigenvalue weighted by molar-refractivity contribution is 6.99. The Balaban J connectivity index is 1.63. The normalized spacial score (nSPS) is 15.2. The predicted octanol–water partition coefficient (Wildman–Crippen LogP) is 18.5. The smallest absolute Gasteiger partial charge is 0.310 e. The zero-order chi connectivity index (χ0) is 57.3. The summed E-state index contributed by atoms with van der Waals surface area (Å²) in [6, 6.07) is 0. The van der Waals surface area contributed by atoms with Gasteiger partial charge in [0.15, 0.2) is 6.10 Å². The highest BCUT2D eigenvalue weighted by atomic mass is 32.1. The SMILES string of the molecule is CCCCCCCCCCCCCCCC(=O)OCC(COC(=O)CCCCCCCCCCCCCCC)OC(=O)CC(C)CCCCCCCCCCC(=O)OC(C)[N+]1(C)CCC=C(c2nsnc2OCCCCCC)C1. The third-order valence-electron chi connectivity index (χ3n) is 16.2. The van der Waals surface area contributed by atoms with Crippen LogP contribution in [0.4, 0.5) is 0 Å². The maximum Gasteiger partial charge on any atom is 0.310 e. The van der Waals surface area contributed by atoms with Gasteiger partial charge < -0.3 is 23.7 Å². The summed E-state index contributed by atoms with van der Waals surface area (Å²) < 4.78 is 38.7. The monoisotopic (exact) mass is 1130 g/mol. The number of rotatable bonds is 55. The third-order valence-corrected chi connectivity index (χ3v) is 16.7. The van der Waals surface area contributed by atoms with E-state index in [1.807, 2.05) is 6.92 Å². The first kappa shape index (κ1) is 72.0. The van der Waals surface area contributed by atoms with Gasteiger partial charge in [-0.2, -0.15) is 4.37 Å². The molecular formula is C66H120N3O9S+. The average molecular weight is 1130 g/mol. The van der Waals surface area contributed by atoms with Gasteiger partial charge in [-0.25, -0.2) is 0 Å². The van der Waals surface area contributed by atoms with Crippen LogP contribution >= 0.6 is 11.7 Å². The number of hydrogen-bond donors (Lipinski definition) is 0. The van der Waals surface area contributed by atoms with Crippen molar-refractivity contribution < 1.29 is 47.3 Å². The molecular weight excluding hydrogens is 1010 g/mol. The third kappa shape index (κ3) is 39.1. The van der Waals surface area contributed by atoms with Crippen LogP contribution in [0.3, 0.4) is 0 Å². The number of ether oxygens (including phenoxy) is 5. The van der Waals surface area contributed by atoms with E-state index < -0.39 is 6.10 Å². The quantitative estimate of drug-likeness (QED) is 0.0266. The molecule has 1 aliphatic heterocycles. The van der Waals surface area contributed by atoms with Crippen LogP contribution in [0.25, 0.3) is 5.57 Å². The number of hydrogen-bond acceptors (Lipinski definition) is 12. The zero-order valence-corrected chi connectivity index (χ0v) is 52.7. The number of unbranched alkanes of at least 4 members (excludes halogenated alkanes) is 34. The van der Waals surface area contributed by atoms with Crippen molar-refractivity contribution in [2.45, 2.75) is 329 Å². The van der Waals surface area contributed by atoms with Crippen molar-refractivity contribution in [2.24, 2.45) is 5.92 Å². The summed E-state index contributed by atoms with van der Waals surface area (Å²) in [5.41, 5.74) is 1.95. The second kappa shape index (κ2) is 49.5. The number of likely N-dealkylation sites (N-methyl/N-ethyl adjacent to an activating group) is 1.